The molecule has 1 aromatic heterocycles. The molecule has 0 amide bonds. The fraction of sp³-hybridized carbons (Fsp3) is 0.615. The van der Waals surface area contributed by atoms with Crippen molar-refractivity contribution in [2.24, 2.45) is 11.7 Å². The predicted octanol–water partition coefficient (Wildman–Crippen LogP) is 2.20. The van der Waals surface area contributed by atoms with Crippen LogP contribution in [0.4, 0.5) is 0 Å². The average Bonchev–Trinajstić information content (AvgIpc) is 2.85. The highest BCUT2D eigenvalue weighted by Crippen LogP contribution is 2.39. The van der Waals surface area contributed by atoms with Crippen molar-refractivity contribution in [1.29, 1.82) is 0 Å². The van der Waals surface area contributed by atoms with E-state index in [0.717, 1.165) is 12.8 Å². The minimum Gasteiger partial charge on any atom is -0.506 e. The fourth-order valence-electron chi connectivity index (χ4n) is 2.70. The lowest BCUT2D eigenvalue weighted by atomic mass is 9.89. The Morgan fingerprint density at radius 1 is 1.44 bits per heavy atom. The highest BCUT2D eigenvalue weighted by molar-refractivity contribution is 5.85. The molecule has 1 aliphatic rings. The van der Waals surface area contributed by atoms with Crippen LogP contribution in [0, 0.1) is 12.8 Å². The van der Waals surface area contributed by atoms with E-state index in [-0.39, 0.29) is 30.8 Å². The van der Waals surface area contributed by atoms with Crippen LogP contribution >= 0.6 is 12.4 Å². The summed E-state index contributed by atoms with van der Waals surface area (Å²) in [5.41, 5.74) is 8.15. The van der Waals surface area contributed by atoms with Gasteiger partial charge in [0.25, 0.3) is 0 Å². The van der Waals surface area contributed by atoms with Gasteiger partial charge in [0.2, 0.25) is 0 Å². The first-order valence-corrected chi connectivity index (χ1v) is 6.19. The number of aromatic hydroxyl groups is 1. The Bertz CT molecular complexity index is 406. The van der Waals surface area contributed by atoms with Gasteiger partial charge in [0, 0.05) is 23.4 Å². The topological polar surface area (TPSA) is 79.4 Å². The summed E-state index contributed by atoms with van der Waals surface area (Å²) in [5.74, 6) is 0.559. The van der Waals surface area contributed by atoms with Crippen LogP contribution in [0.2, 0.25) is 0 Å². The molecule has 5 heteroatoms. The van der Waals surface area contributed by atoms with Crippen molar-refractivity contribution in [2.75, 3.05) is 0 Å². The molecule has 0 aliphatic heterocycles. The minimum atomic E-state index is -0.193. The fourth-order valence-corrected chi connectivity index (χ4v) is 2.70. The maximum absolute atomic E-state index is 10.1. The largest absolute Gasteiger partial charge is 0.506 e. The molecule has 1 fully saturated rings. The van der Waals surface area contributed by atoms with E-state index in [1.165, 1.54) is 12.8 Å². The number of aliphatic hydroxyl groups excluding tert-OH is 1. The van der Waals surface area contributed by atoms with Gasteiger partial charge in [-0.1, -0.05) is 12.8 Å². The lowest BCUT2D eigenvalue weighted by molar-refractivity contribution is 0.276. The number of hydrogen-bond acceptors (Lipinski definition) is 4. The Balaban J connectivity index is 0.00000162. The summed E-state index contributed by atoms with van der Waals surface area (Å²) in [6.07, 6.45) is 6.23. The number of rotatable bonds is 3. The molecule has 18 heavy (non-hydrogen) atoms. The molecule has 1 atom stereocenters. The molecule has 1 saturated carbocycles. The molecule has 2 rings (SSSR count). The summed E-state index contributed by atoms with van der Waals surface area (Å²) >= 11 is 0. The highest BCUT2D eigenvalue weighted by atomic mass is 35.5. The first kappa shape index (κ1) is 15.2. The molecule has 0 radical (unpaired) electrons. The second-order valence-electron chi connectivity index (χ2n) is 4.86. The molecule has 4 N–H and O–H groups in total. The molecule has 0 bridgehead atoms. The van der Waals surface area contributed by atoms with Gasteiger partial charge in [-0.15, -0.1) is 12.4 Å². The van der Waals surface area contributed by atoms with Gasteiger partial charge in [-0.2, -0.15) is 0 Å². The van der Waals surface area contributed by atoms with Crippen molar-refractivity contribution in [2.45, 2.75) is 45.3 Å². The van der Waals surface area contributed by atoms with E-state index >= 15 is 0 Å². The highest BCUT2D eigenvalue weighted by Gasteiger charge is 2.27. The van der Waals surface area contributed by atoms with E-state index in [1.807, 2.05) is 0 Å². The van der Waals surface area contributed by atoms with Crippen LogP contribution in [0.25, 0.3) is 0 Å². The average molecular weight is 273 g/mol. The van der Waals surface area contributed by atoms with Gasteiger partial charge in [-0.25, -0.2) is 0 Å². The number of halogens is 1. The van der Waals surface area contributed by atoms with Gasteiger partial charge in [0.05, 0.1) is 12.3 Å². The van der Waals surface area contributed by atoms with Gasteiger partial charge >= 0.3 is 0 Å². The zero-order valence-electron chi connectivity index (χ0n) is 10.6. The van der Waals surface area contributed by atoms with E-state index in [1.54, 1.807) is 13.1 Å². The Hall–Kier alpha value is -0.840. The molecule has 0 aromatic carbocycles. The smallest absolute Gasteiger partial charge is 0.141 e. The molecule has 102 valence electrons. The number of aromatic nitrogens is 1. The first-order valence-electron chi connectivity index (χ1n) is 6.19. The quantitative estimate of drug-likeness (QED) is 0.788. The van der Waals surface area contributed by atoms with Crippen LogP contribution in [0.3, 0.4) is 0 Å². The SMILES string of the molecule is Cc1ncc(CO)c([C@@H](N)C2CCCC2)c1O.Cl. The number of aryl methyl sites for hydroxylation is 1. The van der Waals surface area contributed by atoms with E-state index in [2.05, 4.69) is 4.98 Å². The zero-order valence-corrected chi connectivity index (χ0v) is 11.4. The number of pyridine rings is 1. The van der Waals surface area contributed by atoms with Crippen molar-refractivity contribution in [1.82, 2.24) is 4.98 Å². The lowest BCUT2D eigenvalue weighted by Crippen LogP contribution is -2.21. The second kappa shape index (κ2) is 6.36. The first-order chi connectivity index (χ1) is 8.15. The molecule has 0 spiro atoms. The molecular weight excluding hydrogens is 252 g/mol. The number of aliphatic hydroxyl groups is 1. The maximum atomic E-state index is 10.1. The van der Waals surface area contributed by atoms with Crippen LogP contribution in [0.1, 0.15) is 48.5 Å². The van der Waals surface area contributed by atoms with Gasteiger partial charge in [0.15, 0.2) is 0 Å². The Labute approximate surface area is 114 Å². The Morgan fingerprint density at radius 3 is 2.61 bits per heavy atom. The zero-order chi connectivity index (χ0) is 12.4. The standard InChI is InChI=1S/C13H20N2O2.ClH/c1-8-13(17)11(10(7-16)6-15-8)12(14)9-4-2-3-5-9;/h6,9,12,16-17H,2-5,7,14H2,1H3;1H/t12-;/m0./s1. The van der Waals surface area contributed by atoms with E-state index in [0.29, 0.717) is 22.7 Å². The van der Waals surface area contributed by atoms with Crippen LogP contribution in [-0.4, -0.2) is 15.2 Å². The molecule has 0 unspecified atom stereocenters. The minimum absolute atomic E-state index is 0. The summed E-state index contributed by atoms with van der Waals surface area (Å²) in [7, 11) is 0. The van der Waals surface area contributed by atoms with Gasteiger partial charge < -0.3 is 15.9 Å². The normalized spacial score (nSPS) is 17.5. The summed E-state index contributed by atoms with van der Waals surface area (Å²) in [6, 6.07) is -0.193. The van der Waals surface area contributed by atoms with Gasteiger partial charge in [0.1, 0.15) is 5.75 Å². The van der Waals surface area contributed by atoms with E-state index < -0.39 is 0 Å². The molecule has 0 saturated heterocycles. The number of nitrogens with zero attached hydrogens (tertiary/aromatic N) is 1. The monoisotopic (exact) mass is 272 g/mol. The summed E-state index contributed by atoms with van der Waals surface area (Å²) in [4.78, 5) is 4.05. The summed E-state index contributed by atoms with van der Waals surface area (Å²) < 4.78 is 0. The molecule has 1 heterocycles. The van der Waals surface area contributed by atoms with Crippen LogP contribution in [0.5, 0.6) is 5.75 Å². The van der Waals surface area contributed by atoms with Crippen molar-refractivity contribution in [3.8, 4) is 5.75 Å². The Kier molecular flexibility index (Phi) is 5.38. The van der Waals surface area contributed by atoms with Crippen molar-refractivity contribution < 1.29 is 10.2 Å². The van der Waals surface area contributed by atoms with Crippen molar-refractivity contribution >= 4 is 12.4 Å². The summed E-state index contributed by atoms with van der Waals surface area (Å²) in [6.45, 7) is 1.62. The van der Waals surface area contributed by atoms with Crippen molar-refractivity contribution in [3.63, 3.8) is 0 Å². The predicted molar refractivity (Wildman–Crippen MR) is 72.7 cm³/mol. The van der Waals surface area contributed by atoms with Gasteiger partial charge in [-0.3, -0.25) is 4.98 Å². The molecular formula is C13H21ClN2O2. The Morgan fingerprint density at radius 2 is 2.06 bits per heavy atom. The maximum Gasteiger partial charge on any atom is 0.141 e. The third-order valence-electron chi connectivity index (χ3n) is 3.77. The number of nitrogens with two attached hydrogens (primary N) is 1. The van der Waals surface area contributed by atoms with Crippen LogP contribution in [-0.2, 0) is 6.61 Å². The number of hydrogen-bond donors (Lipinski definition) is 3. The molecule has 4 nitrogen and oxygen atoms in total. The van der Waals surface area contributed by atoms with E-state index in [4.69, 9.17) is 5.73 Å². The summed E-state index contributed by atoms with van der Waals surface area (Å²) in [5, 5.41) is 19.4. The second-order valence-corrected chi connectivity index (χ2v) is 4.86. The lowest BCUT2D eigenvalue weighted by Gasteiger charge is -2.23. The third kappa shape index (κ3) is 2.76. The third-order valence-corrected chi connectivity index (χ3v) is 3.77. The van der Waals surface area contributed by atoms with Gasteiger partial charge in [-0.05, 0) is 25.7 Å². The van der Waals surface area contributed by atoms with Crippen molar-refractivity contribution in [3.05, 3.63) is 23.0 Å². The van der Waals surface area contributed by atoms with E-state index in [9.17, 15) is 10.2 Å². The molecule has 1 aromatic rings. The van der Waals surface area contributed by atoms with Crippen LogP contribution in [0.15, 0.2) is 6.20 Å². The molecule has 1 aliphatic carbocycles. The van der Waals surface area contributed by atoms with Crippen LogP contribution < -0.4 is 5.73 Å².